The zero-order chi connectivity index (χ0) is 8.27. The molecule has 0 aliphatic heterocycles. The molecular weight excluding hydrogens is 162 g/mol. The van der Waals surface area contributed by atoms with Gasteiger partial charge in [0.05, 0.1) is 12.7 Å². The van der Waals surface area contributed by atoms with Crippen molar-refractivity contribution < 1.29 is 9.53 Å². The summed E-state index contributed by atoms with van der Waals surface area (Å²) in [5.41, 5.74) is 1.35. The largest absolute Gasteiger partial charge is 0.465 e. The Morgan fingerprint density at radius 1 is 1.82 bits per heavy atom. The predicted octanol–water partition coefficient (Wildman–Crippen LogP) is 1.23. The number of hydrogen-bond donors (Lipinski definition) is 2. The SMILES string of the molecule is COC(=O)c1cc[nH]c1CS. The first kappa shape index (κ1) is 8.20. The average Bonchev–Trinajstić information content (AvgIpc) is 2.50. The van der Waals surface area contributed by atoms with Crippen LogP contribution < -0.4 is 0 Å². The number of ether oxygens (including phenoxy) is 1. The molecule has 1 N–H and O–H groups in total. The quantitative estimate of drug-likeness (QED) is 0.519. The van der Waals surface area contributed by atoms with Crippen LogP contribution in [0.3, 0.4) is 0 Å². The third kappa shape index (κ3) is 1.57. The summed E-state index contributed by atoms with van der Waals surface area (Å²) in [5.74, 6) is 0.188. The van der Waals surface area contributed by atoms with Gasteiger partial charge in [0.1, 0.15) is 0 Å². The maximum Gasteiger partial charge on any atom is 0.339 e. The molecule has 0 radical (unpaired) electrons. The van der Waals surface area contributed by atoms with Gasteiger partial charge in [-0.1, -0.05) is 0 Å². The third-order valence-electron chi connectivity index (χ3n) is 1.40. The van der Waals surface area contributed by atoms with Gasteiger partial charge in [-0.25, -0.2) is 4.79 Å². The van der Waals surface area contributed by atoms with Crippen molar-refractivity contribution in [1.29, 1.82) is 0 Å². The van der Waals surface area contributed by atoms with E-state index in [9.17, 15) is 4.79 Å². The van der Waals surface area contributed by atoms with Gasteiger partial charge in [0.15, 0.2) is 0 Å². The van der Waals surface area contributed by atoms with Gasteiger partial charge >= 0.3 is 5.97 Å². The number of carbonyl (C=O) groups is 1. The van der Waals surface area contributed by atoms with Gasteiger partial charge in [-0.05, 0) is 6.07 Å². The first-order valence-electron chi connectivity index (χ1n) is 3.15. The van der Waals surface area contributed by atoms with Crippen molar-refractivity contribution in [2.75, 3.05) is 7.11 Å². The Morgan fingerprint density at radius 2 is 2.55 bits per heavy atom. The van der Waals surface area contributed by atoms with Crippen LogP contribution in [-0.4, -0.2) is 18.1 Å². The van der Waals surface area contributed by atoms with Crippen LogP contribution in [0.15, 0.2) is 12.3 Å². The van der Waals surface area contributed by atoms with Gasteiger partial charge in [0, 0.05) is 17.6 Å². The number of H-pyrrole nitrogens is 1. The van der Waals surface area contributed by atoms with Crippen molar-refractivity contribution in [3.8, 4) is 0 Å². The van der Waals surface area contributed by atoms with Gasteiger partial charge in [-0.15, -0.1) is 0 Å². The Labute approximate surface area is 70.2 Å². The summed E-state index contributed by atoms with van der Waals surface area (Å²) in [7, 11) is 1.36. The number of aromatic nitrogens is 1. The molecule has 1 aromatic rings. The maximum absolute atomic E-state index is 11.0. The molecule has 3 nitrogen and oxygen atoms in total. The van der Waals surface area contributed by atoms with E-state index in [2.05, 4.69) is 22.3 Å². The van der Waals surface area contributed by atoms with E-state index in [1.165, 1.54) is 7.11 Å². The Morgan fingerprint density at radius 3 is 3.09 bits per heavy atom. The number of thiol groups is 1. The van der Waals surface area contributed by atoms with Gasteiger partial charge in [0.2, 0.25) is 0 Å². The zero-order valence-electron chi connectivity index (χ0n) is 6.13. The summed E-state index contributed by atoms with van der Waals surface area (Å²) in [4.78, 5) is 13.9. The summed E-state index contributed by atoms with van der Waals surface area (Å²) >= 11 is 4.04. The smallest absolute Gasteiger partial charge is 0.339 e. The standard InChI is InChI=1S/C7H9NO2S/c1-10-7(9)5-2-3-8-6(5)4-11/h2-3,8,11H,4H2,1H3. The number of carbonyl (C=O) groups excluding carboxylic acids is 1. The minimum Gasteiger partial charge on any atom is -0.465 e. The number of hydrogen-bond acceptors (Lipinski definition) is 3. The molecule has 0 amide bonds. The molecule has 0 aliphatic rings. The highest BCUT2D eigenvalue weighted by molar-refractivity contribution is 7.79. The summed E-state index contributed by atoms with van der Waals surface area (Å²) in [6.07, 6.45) is 1.69. The molecule has 1 heterocycles. The van der Waals surface area contributed by atoms with Gasteiger partial charge in [-0.3, -0.25) is 0 Å². The maximum atomic E-state index is 11.0. The van der Waals surface area contributed by atoms with E-state index in [4.69, 9.17) is 0 Å². The molecule has 0 aromatic carbocycles. The van der Waals surface area contributed by atoms with Gasteiger partial charge < -0.3 is 9.72 Å². The Balaban J connectivity index is 2.92. The molecule has 0 fully saturated rings. The molecular formula is C7H9NO2S. The fraction of sp³-hybridized carbons (Fsp3) is 0.286. The topological polar surface area (TPSA) is 42.1 Å². The molecule has 0 saturated heterocycles. The normalized spacial score (nSPS) is 9.64. The van der Waals surface area contributed by atoms with Crippen LogP contribution in [0.5, 0.6) is 0 Å². The van der Waals surface area contributed by atoms with Crippen LogP contribution in [0.25, 0.3) is 0 Å². The van der Waals surface area contributed by atoms with Crippen molar-refractivity contribution in [3.63, 3.8) is 0 Å². The van der Waals surface area contributed by atoms with E-state index < -0.39 is 0 Å². The monoisotopic (exact) mass is 171 g/mol. The van der Waals surface area contributed by atoms with Crippen molar-refractivity contribution in [2.45, 2.75) is 5.75 Å². The lowest BCUT2D eigenvalue weighted by Gasteiger charge is -1.97. The highest BCUT2D eigenvalue weighted by atomic mass is 32.1. The van der Waals surface area contributed by atoms with Crippen LogP contribution in [-0.2, 0) is 10.5 Å². The molecule has 4 heteroatoms. The molecule has 0 aliphatic carbocycles. The second-order valence-corrected chi connectivity index (χ2v) is 2.34. The van der Waals surface area contributed by atoms with Crippen LogP contribution in [0.1, 0.15) is 16.1 Å². The fourth-order valence-electron chi connectivity index (χ4n) is 0.836. The fourth-order valence-corrected chi connectivity index (χ4v) is 1.10. The summed E-state index contributed by atoms with van der Waals surface area (Å²) in [6, 6.07) is 1.68. The predicted molar refractivity (Wildman–Crippen MR) is 44.8 cm³/mol. The Hall–Kier alpha value is -0.900. The van der Waals surface area contributed by atoms with Crippen molar-refractivity contribution in [3.05, 3.63) is 23.5 Å². The van der Waals surface area contributed by atoms with Crippen LogP contribution in [0, 0.1) is 0 Å². The van der Waals surface area contributed by atoms with Crippen molar-refractivity contribution in [1.82, 2.24) is 4.98 Å². The third-order valence-corrected chi connectivity index (χ3v) is 1.71. The van der Waals surface area contributed by atoms with Crippen molar-refractivity contribution >= 4 is 18.6 Å². The molecule has 1 rings (SSSR count). The minimum atomic E-state index is -0.324. The highest BCUT2D eigenvalue weighted by Gasteiger charge is 2.10. The van der Waals surface area contributed by atoms with E-state index in [-0.39, 0.29) is 5.97 Å². The second-order valence-electron chi connectivity index (χ2n) is 2.02. The molecule has 11 heavy (non-hydrogen) atoms. The van der Waals surface area contributed by atoms with Crippen molar-refractivity contribution in [2.24, 2.45) is 0 Å². The molecule has 1 aromatic heterocycles. The first-order valence-corrected chi connectivity index (χ1v) is 3.78. The summed E-state index contributed by atoms with van der Waals surface area (Å²) in [5, 5.41) is 0. The van der Waals surface area contributed by atoms with Crippen LogP contribution >= 0.6 is 12.6 Å². The van der Waals surface area contributed by atoms with Gasteiger partial charge in [0.25, 0.3) is 0 Å². The highest BCUT2D eigenvalue weighted by Crippen LogP contribution is 2.09. The van der Waals surface area contributed by atoms with E-state index in [1.807, 2.05) is 0 Å². The molecule has 0 saturated carbocycles. The Kier molecular flexibility index (Phi) is 2.59. The average molecular weight is 171 g/mol. The number of aromatic amines is 1. The number of esters is 1. The number of rotatable bonds is 2. The number of nitrogens with one attached hydrogen (secondary N) is 1. The van der Waals surface area contributed by atoms with E-state index >= 15 is 0 Å². The van der Waals surface area contributed by atoms with E-state index in [0.29, 0.717) is 11.3 Å². The summed E-state index contributed by atoms with van der Waals surface area (Å²) < 4.78 is 4.54. The van der Waals surface area contributed by atoms with Crippen LogP contribution in [0.4, 0.5) is 0 Å². The number of methoxy groups -OCH3 is 1. The van der Waals surface area contributed by atoms with Gasteiger partial charge in [-0.2, -0.15) is 12.6 Å². The molecule has 60 valence electrons. The second kappa shape index (κ2) is 3.48. The summed E-state index contributed by atoms with van der Waals surface area (Å²) in [6.45, 7) is 0. The van der Waals surface area contributed by atoms with E-state index in [0.717, 1.165) is 5.69 Å². The Bertz CT molecular complexity index is 257. The lowest BCUT2D eigenvalue weighted by atomic mass is 10.2. The first-order chi connectivity index (χ1) is 5.29. The minimum absolute atomic E-state index is 0.324. The van der Waals surface area contributed by atoms with E-state index in [1.54, 1.807) is 12.3 Å². The molecule has 0 unspecified atom stereocenters. The lowest BCUT2D eigenvalue weighted by Crippen LogP contribution is -2.02. The van der Waals surface area contributed by atoms with Crippen LogP contribution in [0.2, 0.25) is 0 Å². The molecule has 0 atom stereocenters. The molecule has 0 bridgehead atoms. The zero-order valence-corrected chi connectivity index (χ0v) is 7.02. The molecule has 0 spiro atoms. The lowest BCUT2D eigenvalue weighted by molar-refractivity contribution is 0.0600.